The van der Waals surface area contributed by atoms with Gasteiger partial charge in [-0.25, -0.2) is 0 Å². The molecule has 182 valence electrons. The van der Waals surface area contributed by atoms with Gasteiger partial charge in [-0.15, -0.1) is 0 Å². The molecule has 0 unspecified atom stereocenters. The lowest BCUT2D eigenvalue weighted by Crippen LogP contribution is -2.09. The van der Waals surface area contributed by atoms with Crippen LogP contribution in [0.4, 0.5) is 17.8 Å². The molecule has 0 fully saturated rings. The van der Waals surface area contributed by atoms with Gasteiger partial charge in [0.2, 0.25) is 17.8 Å². The number of aromatic nitrogens is 3. The van der Waals surface area contributed by atoms with E-state index in [9.17, 15) is 0 Å². The molecular formula is C32H24N6. The van der Waals surface area contributed by atoms with Crippen LogP contribution in [0, 0.1) is 0 Å². The first-order valence-corrected chi connectivity index (χ1v) is 12.4. The molecule has 1 heterocycles. The van der Waals surface area contributed by atoms with Crippen LogP contribution in [0.5, 0.6) is 0 Å². The third kappa shape index (κ3) is 3.54. The smallest absolute Gasteiger partial charge is 0.233 e. The zero-order valence-electron chi connectivity index (χ0n) is 20.6. The van der Waals surface area contributed by atoms with Gasteiger partial charge in [-0.2, -0.15) is 15.0 Å². The van der Waals surface area contributed by atoms with E-state index in [0.717, 1.165) is 11.3 Å². The van der Waals surface area contributed by atoms with Crippen molar-refractivity contribution >= 4 is 60.9 Å². The first-order chi connectivity index (χ1) is 18.5. The molecule has 0 bridgehead atoms. The number of fused-ring (bicyclic) bond motifs is 2. The van der Waals surface area contributed by atoms with E-state index in [-0.39, 0.29) is 17.8 Å². The number of benzene rings is 6. The molecule has 6 aromatic carbocycles. The lowest BCUT2D eigenvalue weighted by atomic mass is 9.87. The minimum atomic E-state index is 0.0680. The molecule has 6 heteroatoms. The van der Waals surface area contributed by atoms with Crippen LogP contribution in [0.3, 0.4) is 0 Å². The Bertz CT molecular complexity index is 1940. The van der Waals surface area contributed by atoms with Gasteiger partial charge in [-0.3, -0.25) is 0 Å². The van der Waals surface area contributed by atoms with Gasteiger partial charge >= 0.3 is 0 Å². The molecule has 0 saturated heterocycles. The second kappa shape index (κ2) is 8.42. The van der Waals surface area contributed by atoms with Crippen LogP contribution >= 0.6 is 0 Å². The van der Waals surface area contributed by atoms with Crippen LogP contribution in [-0.2, 0) is 6.42 Å². The SMILES string of the molecule is C=C(Cc1ccc(-c2ccc3c4cccc5cccc(c6cccc2c63)c54)cc1)Nc1nc(N)nc(N)n1. The van der Waals surface area contributed by atoms with Gasteiger partial charge in [0.15, 0.2) is 0 Å². The first kappa shape index (κ1) is 22.0. The zero-order valence-corrected chi connectivity index (χ0v) is 20.6. The molecule has 0 aliphatic heterocycles. The highest BCUT2D eigenvalue weighted by atomic mass is 15.2. The van der Waals surface area contributed by atoms with Crippen molar-refractivity contribution in [1.29, 1.82) is 0 Å². The number of allylic oxidation sites excluding steroid dienone is 1. The number of nitrogens with zero attached hydrogens (tertiary/aromatic N) is 3. The predicted octanol–water partition coefficient (Wildman–Crippen LogP) is 6.92. The Morgan fingerprint density at radius 3 is 1.89 bits per heavy atom. The van der Waals surface area contributed by atoms with Crippen LogP contribution < -0.4 is 16.8 Å². The number of hydrogen-bond donors (Lipinski definition) is 3. The van der Waals surface area contributed by atoms with E-state index >= 15 is 0 Å². The molecule has 7 rings (SSSR count). The standard InChI is InChI=1S/C32H24N6/c1-18(35-32-37-30(33)36-31(34)38-32)17-19-11-13-20(14-12-19)22-15-16-27-25-8-3-6-21-5-2-7-24(28(21)25)26-10-4-9-23(22)29(26)27/h2-16H,1,17H2,(H5,33,34,35,36,37,38). The second-order valence-corrected chi connectivity index (χ2v) is 9.58. The van der Waals surface area contributed by atoms with Gasteiger partial charge < -0.3 is 16.8 Å². The van der Waals surface area contributed by atoms with Crippen molar-refractivity contribution < 1.29 is 0 Å². The average molecular weight is 493 g/mol. The number of nitrogen functional groups attached to an aromatic ring is 2. The van der Waals surface area contributed by atoms with Crippen LogP contribution in [0.1, 0.15) is 5.56 Å². The Balaban J connectivity index is 1.26. The normalized spacial score (nSPS) is 11.6. The number of nitrogens with two attached hydrogens (primary N) is 2. The van der Waals surface area contributed by atoms with Crippen molar-refractivity contribution in [3.8, 4) is 11.1 Å². The molecule has 38 heavy (non-hydrogen) atoms. The van der Waals surface area contributed by atoms with Gasteiger partial charge in [-0.05, 0) is 59.8 Å². The highest BCUT2D eigenvalue weighted by Gasteiger charge is 2.15. The van der Waals surface area contributed by atoms with Gasteiger partial charge in [-0.1, -0.05) is 97.6 Å². The molecule has 0 amide bonds. The molecule has 6 nitrogen and oxygen atoms in total. The van der Waals surface area contributed by atoms with Gasteiger partial charge in [0, 0.05) is 12.1 Å². The molecule has 0 aliphatic carbocycles. The summed E-state index contributed by atoms with van der Waals surface area (Å²) in [7, 11) is 0. The summed E-state index contributed by atoms with van der Waals surface area (Å²) >= 11 is 0. The third-order valence-electron chi connectivity index (χ3n) is 7.17. The Labute approximate surface area is 219 Å². The Kier molecular flexibility index (Phi) is 4.88. The van der Waals surface area contributed by atoms with E-state index in [1.165, 1.54) is 54.2 Å². The molecule has 0 saturated carbocycles. The fourth-order valence-corrected chi connectivity index (χ4v) is 5.61. The van der Waals surface area contributed by atoms with Crippen molar-refractivity contribution in [1.82, 2.24) is 15.0 Å². The summed E-state index contributed by atoms with van der Waals surface area (Å²) in [5.41, 5.74) is 15.6. The van der Waals surface area contributed by atoms with Crippen LogP contribution in [0.25, 0.3) is 54.2 Å². The van der Waals surface area contributed by atoms with E-state index < -0.39 is 0 Å². The van der Waals surface area contributed by atoms with Crippen molar-refractivity contribution in [3.63, 3.8) is 0 Å². The Hall–Kier alpha value is -5.23. The highest BCUT2D eigenvalue weighted by Crippen LogP contribution is 2.42. The molecule has 0 spiro atoms. The zero-order chi connectivity index (χ0) is 25.8. The first-order valence-electron chi connectivity index (χ1n) is 12.4. The largest absolute Gasteiger partial charge is 0.368 e. The topological polar surface area (TPSA) is 103 Å². The molecule has 7 aromatic rings. The fourth-order valence-electron chi connectivity index (χ4n) is 5.61. The maximum atomic E-state index is 5.66. The molecule has 5 N–H and O–H groups in total. The van der Waals surface area contributed by atoms with Crippen LogP contribution in [0.15, 0.2) is 103 Å². The second-order valence-electron chi connectivity index (χ2n) is 9.58. The quantitative estimate of drug-likeness (QED) is 0.178. The van der Waals surface area contributed by atoms with E-state index in [1.807, 2.05) is 0 Å². The maximum absolute atomic E-state index is 5.66. The summed E-state index contributed by atoms with van der Waals surface area (Å²) in [5.74, 6) is 0.425. The van der Waals surface area contributed by atoms with Gasteiger partial charge in [0.25, 0.3) is 0 Å². The molecule has 0 atom stereocenters. The van der Waals surface area contributed by atoms with Crippen molar-refractivity contribution in [3.05, 3.63) is 109 Å². The fraction of sp³-hybridized carbons (Fsp3) is 0.0312. The molecule has 1 aromatic heterocycles. The van der Waals surface area contributed by atoms with Crippen LogP contribution in [0.2, 0.25) is 0 Å². The third-order valence-corrected chi connectivity index (χ3v) is 7.17. The maximum Gasteiger partial charge on any atom is 0.233 e. The van der Waals surface area contributed by atoms with Gasteiger partial charge in [0.1, 0.15) is 0 Å². The lowest BCUT2D eigenvalue weighted by Gasteiger charge is -2.16. The summed E-state index contributed by atoms with van der Waals surface area (Å²) < 4.78 is 0. The van der Waals surface area contributed by atoms with E-state index in [2.05, 4.69) is 118 Å². The molecular weight excluding hydrogens is 468 g/mol. The predicted molar refractivity (Wildman–Crippen MR) is 158 cm³/mol. The van der Waals surface area contributed by atoms with Crippen molar-refractivity contribution in [2.45, 2.75) is 6.42 Å². The summed E-state index contributed by atoms with van der Waals surface area (Å²) in [6.45, 7) is 4.10. The monoisotopic (exact) mass is 492 g/mol. The minimum Gasteiger partial charge on any atom is -0.368 e. The average Bonchev–Trinajstić information content (AvgIpc) is 2.91. The lowest BCUT2D eigenvalue weighted by molar-refractivity contribution is 1.05. The number of anilines is 3. The summed E-state index contributed by atoms with van der Waals surface area (Å²) in [6, 6.07) is 33.0. The van der Waals surface area contributed by atoms with E-state index in [0.29, 0.717) is 6.42 Å². The van der Waals surface area contributed by atoms with Crippen LogP contribution in [-0.4, -0.2) is 15.0 Å². The number of rotatable bonds is 5. The van der Waals surface area contributed by atoms with Crippen molar-refractivity contribution in [2.75, 3.05) is 16.8 Å². The molecule has 0 aliphatic rings. The Morgan fingerprint density at radius 1 is 0.632 bits per heavy atom. The molecule has 0 radical (unpaired) electrons. The number of nitrogens with one attached hydrogen (secondary N) is 1. The highest BCUT2D eigenvalue weighted by molar-refractivity contribution is 6.34. The minimum absolute atomic E-state index is 0.0680. The van der Waals surface area contributed by atoms with E-state index in [4.69, 9.17) is 11.5 Å². The summed E-state index contributed by atoms with van der Waals surface area (Å²) in [6.07, 6.45) is 0.608. The Morgan fingerprint density at radius 2 is 1.21 bits per heavy atom. The van der Waals surface area contributed by atoms with E-state index in [1.54, 1.807) is 0 Å². The number of hydrogen-bond acceptors (Lipinski definition) is 6. The summed E-state index contributed by atoms with van der Waals surface area (Å²) in [5, 5.41) is 13.4. The van der Waals surface area contributed by atoms with Gasteiger partial charge in [0.05, 0.1) is 0 Å². The summed E-state index contributed by atoms with van der Waals surface area (Å²) in [4.78, 5) is 11.9. The van der Waals surface area contributed by atoms with Crippen molar-refractivity contribution in [2.24, 2.45) is 0 Å².